The van der Waals surface area contributed by atoms with Crippen molar-refractivity contribution in [3.63, 3.8) is 0 Å². The number of hydrogen-bond acceptors (Lipinski definition) is 3. The average molecular weight is 244 g/mol. The molecule has 96 valence electrons. The van der Waals surface area contributed by atoms with E-state index >= 15 is 0 Å². The van der Waals surface area contributed by atoms with E-state index in [1.165, 1.54) is 10.9 Å². The van der Waals surface area contributed by atoms with Crippen molar-refractivity contribution in [3.05, 3.63) is 42.1 Å². The van der Waals surface area contributed by atoms with Gasteiger partial charge in [0, 0.05) is 24.2 Å². The van der Waals surface area contributed by atoms with Crippen LogP contribution in [0.3, 0.4) is 0 Å². The van der Waals surface area contributed by atoms with E-state index in [-0.39, 0.29) is 5.54 Å². The molecule has 1 unspecified atom stereocenters. The van der Waals surface area contributed by atoms with Gasteiger partial charge in [-0.1, -0.05) is 25.1 Å². The monoisotopic (exact) mass is 244 g/mol. The highest BCUT2D eigenvalue weighted by Gasteiger charge is 2.23. The fourth-order valence-electron chi connectivity index (χ4n) is 2.25. The second kappa shape index (κ2) is 5.46. The third-order valence-electron chi connectivity index (χ3n) is 3.42. The van der Waals surface area contributed by atoms with Crippen LogP contribution in [0.25, 0.3) is 10.9 Å². The van der Waals surface area contributed by atoms with E-state index in [1.54, 1.807) is 7.11 Å². The summed E-state index contributed by atoms with van der Waals surface area (Å²) in [4.78, 5) is 4.37. The summed E-state index contributed by atoms with van der Waals surface area (Å²) >= 11 is 0. The number of nitrogens with two attached hydrogens (primary N) is 1. The molecule has 0 fully saturated rings. The number of hydrogen-bond donors (Lipinski definition) is 1. The number of methoxy groups -OCH3 is 1. The standard InChI is InChI=1S/C15H20N2O/c1-3-15(16,11-18-2)10-12-8-9-17-14-7-5-4-6-13(12)14/h4-9H,3,10-11,16H2,1-2H3. The third-order valence-corrected chi connectivity index (χ3v) is 3.42. The Kier molecular flexibility index (Phi) is 3.94. The average Bonchev–Trinajstić information content (AvgIpc) is 2.39. The molecule has 0 saturated carbocycles. The van der Waals surface area contributed by atoms with Crippen molar-refractivity contribution in [1.82, 2.24) is 4.98 Å². The van der Waals surface area contributed by atoms with Crippen LogP contribution < -0.4 is 5.73 Å². The summed E-state index contributed by atoms with van der Waals surface area (Å²) in [5.74, 6) is 0. The van der Waals surface area contributed by atoms with Gasteiger partial charge >= 0.3 is 0 Å². The first-order chi connectivity index (χ1) is 8.68. The van der Waals surface area contributed by atoms with Crippen LogP contribution in [0.1, 0.15) is 18.9 Å². The number of ether oxygens (including phenoxy) is 1. The molecule has 0 bridgehead atoms. The predicted octanol–water partition coefficient (Wildman–Crippen LogP) is 2.53. The first-order valence-corrected chi connectivity index (χ1v) is 6.29. The molecule has 1 heterocycles. The second-order valence-corrected chi connectivity index (χ2v) is 4.81. The highest BCUT2D eigenvalue weighted by molar-refractivity contribution is 5.81. The molecule has 1 aromatic carbocycles. The molecule has 1 aromatic heterocycles. The molecule has 3 heteroatoms. The minimum Gasteiger partial charge on any atom is -0.383 e. The fourth-order valence-corrected chi connectivity index (χ4v) is 2.25. The Morgan fingerprint density at radius 3 is 2.78 bits per heavy atom. The highest BCUT2D eigenvalue weighted by Crippen LogP contribution is 2.22. The van der Waals surface area contributed by atoms with Crippen molar-refractivity contribution in [2.75, 3.05) is 13.7 Å². The lowest BCUT2D eigenvalue weighted by Gasteiger charge is -2.27. The van der Waals surface area contributed by atoms with Crippen molar-refractivity contribution in [2.24, 2.45) is 5.73 Å². The maximum atomic E-state index is 6.39. The van der Waals surface area contributed by atoms with Crippen LogP contribution in [-0.2, 0) is 11.2 Å². The maximum Gasteiger partial charge on any atom is 0.0704 e. The molecule has 0 radical (unpaired) electrons. The first kappa shape index (κ1) is 13.0. The molecule has 0 aliphatic rings. The normalized spacial score (nSPS) is 14.6. The van der Waals surface area contributed by atoms with Crippen molar-refractivity contribution in [3.8, 4) is 0 Å². The molecule has 2 aromatic rings. The van der Waals surface area contributed by atoms with Crippen LogP contribution in [0.5, 0.6) is 0 Å². The lowest BCUT2D eigenvalue weighted by atomic mass is 9.89. The Balaban J connectivity index is 2.36. The largest absolute Gasteiger partial charge is 0.383 e. The molecule has 0 spiro atoms. The van der Waals surface area contributed by atoms with E-state index in [4.69, 9.17) is 10.5 Å². The van der Waals surface area contributed by atoms with Gasteiger partial charge in [-0.15, -0.1) is 0 Å². The van der Waals surface area contributed by atoms with E-state index < -0.39 is 0 Å². The molecule has 2 N–H and O–H groups in total. The molecular weight excluding hydrogens is 224 g/mol. The zero-order chi connectivity index (χ0) is 13.0. The van der Waals surface area contributed by atoms with Gasteiger partial charge in [-0.2, -0.15) is 0 Å². The van der Waals surface area contributed by atoms with Crippen molar-refractivity contribution in [2.45, 2.75) is 25.3 Å². The summed E-state index contributed by atoms with van der Waals surface area (Å²) in [5, 5.41) is 1.18. The van der Waals surface area contributed by atoms with Gasteiger partial charge in [0.25, 0.3) is 0 Å². The predicted molar refractivity (Wildman–Crippen MR) is 74.5 cm³/mol. The second-order valence-electron chi connectivity index (χ2n) is 4.81. The topological polar surface area (TPSA) is 48.1 Å². The summed E-state index contributed by atoms with van der Waals surface area (Å²) in [6, 6.07) is 10.2. The minimum absolute atomic E-state index is 0.307. The van der Waals surface area contributed by atoms with E-state index in [9.17, 15) is 0 Å². The number of benzene rings is 1. The van der Waals surface area contributed by atoms with Crippen LogP contribution in [0.15, 0.2) is 36.5 Å². The summed E-state index contributed by atoms with van der Waals surface area (Å²) in [6.07, 6.45) is 3.54. The Bertz CT molecular complexity index is 521. The number of para-hydroxylation sites is 1. The molecule has 18 heavy (non-hydrogen) atoms. The number of pyridine rings is 1. The van der Waals surface area contributed by atoms with Crippen LogP contribution in [0, 0.1) is 0 Å². The zero-order valence-electron chi connectivity index (χ0n) is 11.0. The maximum absolute atomic E-state index is 6.39. The smallest absolute Gasteiger partial charge is 0.0704 e. The van der Waals surface area contributed by atoms with E-state index in [0.29, 0.717) is 6.61 Å². The summed E-state index contributed by atoms with van der Waals surface area (Å²) in [6.45, 7) is 2.67. The van der Waals surface area contributed by atoms with Crippen molar-refractivity contribution >= 4 is 10.9 Å². The van der Waals surface area contributed by atoms with Crippen LogP contribution in [0.2, 0.25) is 0 Å². The van der Waals surface area contributed by atoms with E-state index in [1.807, 2.05) is 24.4 Å². The third kappa shape index (κ3) is 2.68. The van der Waals surface area contributed by atoms with Gasteiger partial charge in [0.1, 0.15) is 0 Å². The van der Waals surface area contributed by atoms with Crippen molar-refractivity contribution in [1.29, 1.82) is 0 Å². The lowest BCUT2D eigenvalue weighted by Crippen LogP contribution is -2.45. The molecule has 0 aliphatic heterocycles. The van der Waals surface area contributed by atoms with Crippen molar-refractivity contribution < 1.29 is 4.74 Å². The Labute approximate surface area is 108 Å². The molecule has 2 rings (SSSR count). The Morgan fingerprint density at radius 1 is 1.28 bits per heavy atom. The Hall–Kier alpha value is -1.45. The van der Waals surface area contributed by atoms with Gasteiger partial charge in [-0.3, -0.25) is 4.98 Å². The SMILES string of the molecule is CCC(N)(COC)Cc1ccnc2ccccc12. The lowest BCUT2D eigenvalue weighted by molar-refractivity contribution is 0.129. The van der Waals surface area contributed by atoms with Crippen LogP contribution in [0.4, 0.5) is 0 Å². The van der Waals surface area contributed by atoms with Gasteiger partial charge in [0.2, 0.25) is 0 Å². The minimum atomic E-state index is -0.307. The summed E-state index contributed by atoms with van der Waals surface area (Å²) < 4.78 is 5.24. The molecule has 1 atom stereocenters. The van der Waals surface area contributed by atoms with E-state index in [0.717, 1.165) is 18.4 Å². The Morgan fingerprint density at radius 2 is 2.06 bits per heavy atom. The quantitative estimate of drug-likeness (QED) is 0.879. The van der Waals surface area contributed by atoms with Crippen LogP contribution in [-0.4, -0.2) is 24.2 Å². The van der Waals surface area contributed by atoms with Gasteiger partial charge in [-0.05, 0) is 30.5 Å². The van der Waals surface area contributed by atoms with Gasteiger partial charge < -0.3 is 10.5 Å². The molecule has 0 saturated heterocycles. The zero-order valence-corrected chi connectivity index (χ0v) is 11.0. The van der Waals surface area contributed by atoms with Gasteiger partial charge in [0.05, 0.1) is 12.1 Å². The molecule has 0 aliphatic carbocycles. The number of rotatable bonds is 5. The summed E-state index contributed by atoms with van der Waals surface area (Å²) in [5.41, 5.74) is 8.34. The number of fused-ring (bicyclic) bond motifs is 1. The number of aromatic nitrogens is 1. The van der Waals surface area contributed by atoms with Gasteiger partial charge in [-0.25, -0.2) is 0 Å². The van der Waals surface area contributed by atoms with Crippen LogP contribution >= 0.6 is 0 Å². The molecular formula is C15H20N2O. The van der Waals surface area contributed by atoms with E-state index in [2.05, 4.69) is 24.0 Å². The first-order valence-electron chi connectivity index (χ1n) is 6.29. The molecule has 3 nitrogen and oxygen atoms in total. The highest BCUT2D eigenvalue weighted by atomic mass is 16.5. The molecule has 0 amide bonds. The summed E-state index contributed by atoms with van der Waals surface area (Å²) in [7, 11) is 1.70. The number of nitrogens with zero attached hydrogens (tertiary/aromatic N) is 1. The van der Waals surface area contributed by atoms with Gasteiger partial charge in [0.15, 0.2) is 0 Å². The fraction of sp³-hybridized carbons (Fsp3) is 0.400.